The van der Waals surface area contributed by atoms with Crippen LogP contribution in [0, 0.1) is 11.8 Å². The Morgan fingerprint density at radius 3 is 2.62 bits per heavy atom. The highest BCUT2D eigenvalue weighted by Crippen LogP contribution is 2.37. The molecule has 0 heterocycles. The van der Waals surface area contributed by atoms with Gasteiger partial charge in [-0.05, 0) is 25.7 Å². The van der Waals surface area contributed by atoms with Crippen LogP contribution in [0.15, 0.2) is 0 Å². The Morgan fingerprint density at radius 2 is 2.23 bits per heavy atom. The maximum absolute atomic E-state index is 11.4. The maximum atomic E-state index is 11.4. The molecule has 3 atom stereocenters. The molecule has 1 saturated carbocycles. The Morgan fingerprint density at radius 1 is 1.69 bits per heavy atom. The van der Waals surface area contributed by atoms with Gasteiger partial charge < -0.3 is 10.4 Å². The molecule has 1 aliphatic rings. The molecule has 0 spiro atoms. The van der Waals surface area contributed by atoms with Gasteiger partial charge in [-0.15, -0.1) is 0 Å². The lowest BCUT2D eigenvalue weighted by molar-refractivity contribution is -0.123. The molecule has 2 N–H and O–H groups in total. The van der Waals surface area contributed by atoms with Gasteiger partial charge in [0.25, 0.3) is 0 Å². The van der Waals surface area contributed by atoms with Crippen LogP contribution in [0.3, 0.4) is 0 Å². The van der Waals surface area contributed by atoms with Gasteiger partial charge in [0, 0.05) is 12.5 Å². The van der Waals surface area contributed by atoms with E-state index in [2.05, 4.69) is 12.2 Å². The Hall–Kier alpha value is -0.570. The van der Waals surface area contributed by atoms with Crippen LogP contribution in [-0.4, -0.2) is 23.2 Å². The van der Waals surface area contributed by atoms with E-state index in [1.807, 2.05) is 6.92 Å². The standard InChI is InChI=1S/C10H19NO2/c1-4-10(3,13)6-11-9(12)8-5-7(8)2/h7-8,13H,4-6H2,1-3H3,(H,11,12). The van der Waals surface area contributed by atoms with Crippen molar-refractivity contribution in [2.75, 3.05) is 6.54 Å². The second kappa shape index (κ2) is 3.66. The minimum Gasteiger partial charge on any atom is -0.388 e. The molecule has 0 aromatic rings. The van der Waals surface area contributed by atoms with Crippen molar-refractivity contribution in [3.63, 3.8) is 0 Å². The topological polar surface area (TPSA) is 49.3 Å². The van der Waals surface area contributed by atoms with Crippen LogP contribution >= 0.6 is 0 Å². The highest BCUT2D eigenvalue weighted by molar-refractivity contribution is 5.81. The van der Waals surface area contributed by atoms with Crippen LogP contribution in [0.4, 0.5) is 0 Å². The number of hydrogen-bond donors (Lipinski definition) is 2. The fraction of sp³-hybridized carbons (Fsp3) is 0.900. The first-order valence-electron chi connectivity index (χ1n) is 4.96. The predicted octanol–water partition coefficient (Wildman–Crippen LogP) is 0.920. The first-order chi connectivity index (χ1) is 5.96. The lowest BCUT2D eigenvalue weighted by Crippen LogP contribution is -2.40. The van der Waals surface area contributed by atoms with Crippen LogP contribution in [0.5, 0.6) is 0 Å². The van der Waals surface area contributed by atoms with Gasteiger partial charge >= 0.3 is 0 Å². The fourth-order valence-electron chi connectivity index (χ4n) is 1.22. The molecule has 13 heavy (non-hydrogen) atoms. The van der Waals surface area contributed by atoms with Crippen LogP contribution < -0.4 is 5.32 Å². The maximum Gasteiger partial charge on any atom is 0.223 e. The number of rotatable bonds is 4. The highest BCUT2D eigenvalue weighted by atomic mass is 16.3. The molecule has 0 bridgehead atoms. The highest BCUT2D eigenvalue weighted by Gasteiger charge is 2.39. The minimum atomic E-state index is -0.756. The van der Waals surface area contributed by atoms with Gasteiger partial charge in [-0.1, -0.05) is 13.8 Å². The van der Waals surface area contributed by atoms with Gasteiger partial charge in [-0.25, -0.2) is 0 Å². The molecule has 0 saturated heterocycles. The molecule has 1 amide bonds. The van der Waals surface area contributed by atoms with Crippen molar-refractivity contribution in [3.05, 3.63) is 0 Å². The van der Waals surface area contributed by atoms with Gasteiger partial charge in [-0.2, -0.15) is 0 Å². The second-order valence-corrected chi connectivity index (χ2v) is 4.39. The van der Waals surface area contributed by atoms with E-state index < -0.39 is 5.60 Å². The molecule has 3 unspecified atom stereocenters. The summed E-state index contributed by atoms with van der Waals surface area (Å²) in [6.07, 6.45) is 1.66. The van der Waals surface area contributed by atoms with Crippen LogP contribution in [0.1, 0.15) is 33.6 Å². The van der Waals surface area contributed by atoms with Gasteiger partial charge in [0.05, 0.1) is 5.60 Å². The Kier molecular flexibility index (Phi) is 2.96. The monoisotopic (exact) mass is 185 g/mol. The SMILES string of the molecule is CCC(C)(O)CNC(=O)C1CC1C. The third kappa shape index (κ3) is 2.99. The van der Waals surface area contributed by atoms with Crippen molar-refractivity contribution in [1.82, 2.24) is 5.32 Å². The van der Waals surface area contributed by atoms with E-state index in [1.165, 1.54) is 0 Å². The first-order valence-corrected chi connectivity index (χ1v) is 4.96. The summed E-state index contributed by atoms with van der Waals surface area (Å²) in [5, 5.41) is 12.4. The number of carbonyl (C=O) groups excluding carboxylic acids is 1. The first kappa shape index (κ1) is 10.5. The average molecular weight is 185 g/mol. The normalized spacial score (nSPS) is 30.8. The Bertz CT molecular complexity index is 201. The number of aliphatic hydroxyl groups is 1. The number of amides is 1. The van der Waals surface area contributed by atoms with Crippen molar-refractivity contribution in [3.8, 4) is 0 Å². The minimum absolute atomic E-state index is 0.0984. The van der Waals surface area contributed by atoms with E-state index in [-0.39, 0.29) is 11.8 Å². The summed E-state index contributed by atoms with van der Waals surface area (Å²) in [6.45, 7) is 6.09. The summed E-state index contributed by atoms with van der Waals surface area (Å²) in [4.78, 5) is 11.4. The largest absolute Gasteiger partial charge is 0.388 e. The molecule has 0 aromatic carbocycles. The van der Waals surface area contributed by atoms with Gasteiger partial charge in [0.15, 0.2) is 0 Å². The smallest absolute Gasteiger partial charge is 0.223 e. The van der Waals surface area contributed by atoms with Crippen molar-refractivity contribution in [1.29, 1.82) is 0 Å². The third-order valence-electron chi connectivity index (χ3n) is 2.85. The zero-order valence-corrected chi connectivity index (χ0v) is 8.63. The second-order valence-electron chi connectivity index (χ2n) is 4.39. The summed E-state index contributed by atoms with van der Waals surface area (Å²) in [5.74, 6) is 0.834. The molecule has 3 heteroatoms. The molecule has 0 aromatic heterocycles. The summed E-state index contributed by atoms with van der Waals surface area (Å²) < 4.78 is 0. The van der Waals surface area contributed by atoms with E-state index in [1.54, 1.807) is 6.92 Å². The molecular weight excluding hydrogens is 166 g/mol. The zero-order chi connectivity index (χ0) is 10.1. The number of carbonyl (C=O) groups is 1. The fourth-order valence-corrected chi connectivity index (χ4v) is 1.22. The van der Waals surface area contributed by atoms with Crippen molar-refractivity contribution >= 4 is 5.91 Å². The van der Waals surface area contributed by atoms with E-state index in [0.29, 0.717) is 18.9 Å². The Balaban J connectivity index is 2.22. The molecule has 1 aliphatic carbocycles. The predicted molar refractivity (Wildman–Crippen MR) is 51.2 cm³/mol. The van der Waals surface area contributed by atoms with E-state index >= 15 is 0 Å². The van der Waals surface area contributed by atoms with Gasteiger partial charge in [0.2, 0.25) is 5.91 Å². The zero-order valence-electron chi connectivity index (χ0n) is 8.63. The van der Waals surface area contributed by atoms with Crippen molar-refractivity contribution < 1.29 is 9.90 Å². The molecule has 76 valence electrons. The molecular formula is C10H19NO2. The molecule has 1 fully saturated rings. The van der Waals surface area contributed by atoms with Gasteiger partial charge in [-0.3, -0.25) is 4.79 Å². The van der Waals surface area contributed by atoms with Crippen LogP contribution in [0.2, 0.25) is 0 Å². The molecule has 1 rings (SSSR count). The van der Waals surface area contributed by atoms with Gasteiger partial charge in [0.1, 0.15) is 0 Å². The van der Waals surface area contributed by atoms with Crippen LogP contribution in [-0.2, 0) is 4.79 Å². The molecule has 0 aliphatic heterocycles. The van der Waals surface area contributed by atoms with Crippen molar-refractivity contribution in [2.45, 2.75) is 39.2 Å². The lowest BCUT2D eigenvalue weighted by Gasteiger charge is -2.21. The van der Waals surface area contributed by atoms with E-state index in [4.69, 9.17) is 0 Å². The quantitative estimate of drug-likeness (QED) is 0.684. The number of hydrogen-bond acceptors (Lipinski definition) is 2. The van der Waals surface area contributed by atoms with Crippen molar-refractivity contribution in [2.24, 2.45) is 11.8 Å². The van der Waals surface area contributed by atoms with E-state index in [0.717, 1.165) is 6.42 Å². The summed E-state index contributed by atoms with van der Waals surface area (Å²) >= 11 is 0. The van der Waals surface area contributed by atoms with Crippen LogP contribution in [0.25, 0.3) is 0 Å². The molecule has 3 nitrogen and oxygen atoms in total. The summed E-state index contributed by atoms with van der Waals surface area (Å²) in [6, 6.07) is 0. The molecule has 0 radical (unpaired) electrons. The lowest BCUT2D eigenvalue weighted by atomic mass is 10.0. The average Bonchev–Trinajstić information content (AvgIpc) is 2.79. The van der Waals surface area contributed by atoms with E-state index in [9.17, 15) is 9.90 Å². The number of nitrogens with one attached hydrogen (secondary N) is 1. The summed E-state index contributed by atoms with van der Waals surface area (Å²) in [5.41, 5.74) is -0.756. The third-order valence-corrected chi connectivity index (χ3v) is 2.85. The Labute approximate surface area is 79.5 Å². The summed E-state index contributed by atoms with van der Waals surface area (Å²) in [7, 11) is 0.